The van der Waals surface area contributed by atoms with E-state index < -0.39 is 0 Å². The molecule has 7 nitrogen and oxygen atoms in total. The van der Waals surface area contributed by atoms with Gasteiger partial charge in [0, 0.05) is 5.56 Å². The van der Waals surface area contributed by atoms with Crippen LogP contribution in [-0.4, -0.2) is 16.0 Å². The Balaban J connectivity index is 2.16. The highest BCUT2D eigenvalue weighted by atomic mass is 16.5. The van der Waals surface area contributed by atoms with Gasteiger partial charge >= 0.3 is 6.01 Å². The lowest BCUT2D eigenvalue weighted by atomic mass is 10.1. The van der Waals surface area contributed by atoms with Crippen molar-refractivity contribution in [1.82, 2.24) is 10.1 Å². The predicted octanol–water partition coefficient (Wildman–Crippen LogP) is 1.22. The Bertz CT molecular complexity index is 579. The minimum Gasteiger partial charge on any atom is -0.324 e. The molecule has 0 radical (unpaired) electrons. The molecule has 1 aromatic heterocycles. The van der Waals surface area contributed by atoms with Crippen molar-refractivity contribution < 1.29 is 9.32 Å². The molecule has 94 valence electrons. The Morgan fingerprint density at radius 2 is 2.17 bits per heavy atom. The summed E-state index contributed by atoms with van der Waals surface area (Å²) in [6, 6.07) is 5.17. The first kappa shape index (κ1) is 12.1. The first-order valence-electron chi connectivity index (χ1n) is 5.29. The molecule has 0 saturated heterocycles. The van der Waals surface area contributed by atoms with Gasteiger partial charge < -0.3 is 9.95 Å². The molecule has 1 amide bonds. The van der Waals surface area contributed by atoms with Crippen molar-refractivity contribution in [2.24, 2.45) is 5.84 Å². The van der Waals surface area contributed by atoms with Gasteiger partial charge in [-0.3, -0.25) is 16.0 Å². The zero-order chi connectivity index (χ0) is 13.1. The molecule has 0 aliphatic rings. The monoisotopic (exact) mass is 247 g/mol. The summed E-state index contributed by atoms with van der Waals surface area (Å²) in [6.45, 7) is 3.52. The lowest BCUT2D eigenvalue weighted by Gasteiger charge is -2.06. The molecule has 1 heterocycles. The molecule has 0 atom stereocenters. The number of hydrazine groups is 1. The van der Waals surface area contributed by atoms with Crippen molar-refractivity contribution in [3.63, 3.8) is 0 Å². The van der Waals surface area contributed by atoms with Gasteiger partial charge in [-0.05, 0) is 37.6 Å². The lowest BCUT2D eigenvalue weighted by Crippen LogP contribution is -2.13. The third kappa shape index (κ3) is 2.46. The third-order valence-corrected chi connectivity index (χ3v) is 2.39. The molecular formula is C11H13N5O2. The maximum Gasteiger partial charge on any atom is 0.328 e. The van der Waals surface area contributed by atoms with E-state index in [1.54, 1.807) is 25.1 Å². The smallest absolute Gasteiger partial charge is 0.324 e. The quantitative estimate of drug-likeness (QED) is 0.556. The van der Waals surface area contributed by atoms with Crippen molar-refractivity contribution >= 4 is 17.6 Å². The fourth-order valence-electron chi connectivity index (χ4n) is 1.48. The van der Waals surface area contributed by atoms with Gasteiger partial charge in [0.2, 0.25) is 0 Å². The van der Waals surface area contributed by atoms with Gasteiger partial charge in [0.05, 0.1) is 5.69 Å². The largest absolute Gasteiger partial charge is 0.328 e. The molecule has 0 unspecified atom stereocenters. The van der Waals surface area contributed by atoms with E-state index >= 15 is 0 Å². The van der Waals surface area contributed by atoms with E-state index in [0.29, 0.717) is 11.4 Å². The van der Waals surface area contributed by atoms with Gasteiger partial charge in [0.25, 0.3) is 5.91 Å². The molecule has 4 N–H and O–H groups in total. The van der Waals surface area contributed by atoms with Crippen molar-refractivity contribution in [2.75, 3.05) is 10.7 Å². The summed E-state index contributed by atoms with van der Waals surface area (Å²) in [5, 5.41) is 6.09. The summed E-state index contributed by atoms with van der Waals surface area (Å²) >= 11 is 0. The minimum absolute atomic E-state index is 0.0798. The second-order valence-electron chi connectivity index (χ2n) is 3.77. The number of hydrogen-bond donors (Lipinski definition) is 3. The van der Waals surface area contributed by atoms with Gasteiger partial charge in [-0.2, -0.15) is 4.98 Å². The van der Waals surface area contributed by atoms with Crippen LogP contribution >= 0.6 is 0 Å². The summed E-state index contributed by atoms with van der Waals surface area (Å²) in [5.74, 6) is 5.47. The Kier molecular flexibility index (Phi) is 3.24. The van der Waals surface area contributed by atoms with Gasteiger partial charge in [0.15, 0.2) is 5.82 Å². The number of aryl methyl sites for hydroxylation is 2. The number of carbonyl (C=O) groups is 1. The van der Waals surface area contributed by atoms with Crippen molar-refractivity contribution in [3.05, 3.63) is 35.2 Å². The summed E-state index contributed by atoms with van der Waals surface area (Å²) in [6.07, 6.45) is 0. The Morgan fingerprint density at radius 1 is 1.39 bits per heavy atom. The molecule has 1 aromatic carbocycles. The number of amides is 1. The Morgan fingerprint density at radius 3 is 2.72 bits per heavy atom. The minimum atomic E-state index is -0.315. The van der Waals surface area contributed by atoms with E-state index in [1.165, 1.54) is 0 Å². The Hall–Kier alpha value is -2.41. The van der Waals surface area contributed by atoms with Crippen LogP contribution in [0.1, 0.15) is 21.7 Å². The number of carbonyl (C=O) groups excluding carboxylic acids is 1. The molecule has 0 spiro atoms. The first-order valence-corrected chi connectivity index (χ1v) is 5.29. The number of nitrogens with two attached hydrogens (primary N) is 1. The normalized spacial score (nSPS) is 10.2. The number of nitrogen functional groups attached to an aromatic ring is 1. The van der Waals surface area contributed by atoms with Crippen LogP contribution < -0.4 is 16.6 Å². The molecule has 7 heteroatoms. The maximum atomic E-state index is 11.9. The van der Waals surface area contributed by atoms with Gasteiger partial charge in [0.1, 0.15) is 0 Å². The summed E-state index contributed by atoms with van der Waals surface area (Å²) in [7, 11) is 0. The van der Waals surface area contributed by atoms with Gasteiger partial charge in [-0.25, -0.2) is 0 Å². The zero-order valence-electron chi connectivity index (χ0n) is 10.0. The SMILES string of the molecule is Cc1noc(NC(=O)c2ccc(NN)c(C)c2)n1. The molecule has 18 heavy (non-hydrogen) atoms. The lowest BCUT2D eigenvalue weighted by molar-refractivity contribution is 0.102. The highest BCUT2D eigenvalue weighted by Gasteiger charge is 2.11. The second-order valence-corrected chi connectivity index (χ2v) is 3.77. The number of hydrogen-bond acceptors (Lipinski definition) is 6. The van der Waals surface area contributed by atoms with Crippen LogP contribution in [0.25, 0.3) is 0 Å². The number of aromatic nitrogens is 2. The van der Waals surface area contributed by atoms with Crippen molar-refractivity contribution in [3.8, 4) is 0 Å². The van der Waals surface area contributed by atoms with Crippen LogP contribution in [0.5, 0.6) is 0 Å². The van der Waals surface area contributed by atoms with Gasteiger partial charge in [-0.15, -0.1) is 0 Å². The maximum absolute atomic E-state index is 11.9. The van der Waals surface area contributed by atoms with Gasteiger partial charge in [-0.1, -0.05) is 5.16 Å². The van der Waals surface area contributed by atoms with Crippen LogP contribution in [-0.2, 0) is 0 Å². The van der Waals surface area contributed by atoms with Crippen molar-refractivity contribution in [1.29, 1.82) is 0 Å². The number of anilines is 2. The topological polar surface area (TPSA) is 106 Å². The van der Waals surface area contributed by atoms with Crippen LogP contribution in [0.3, 0.4) is 0 Å². The molecule has 0 bridgehead atoms. The van der Waals surface area contributed by atoms with E-state index in [1.807, 2.05) is 6.92 Å². The first-order chi connectivity index (χ1) is 8.60. The molecule has 0 fully saturated rings. The molecule has 0 aliphatic heterocycles. The average Bonchev–Trinajstić information content (AvgIpc) is 2.74. The molecule has 0 saturated carbocycles. The van der Waals surface area contributed by atoms with E-state index in [9.17, 15) is 4.79 Å². The highest BCUT2D eigenvalue weighted by Crippen LogP contribution is 2.16. The van der Waals surface area contributed by atoms with Crippen LogP contribution in [0, 0.1) is 13.8 Å². The van der Waals surface area contributed by atoms with Crippen LogP contribution in [0.2, 0.25) is 0 Å². The molecule has 2 aromatic rings. The summed E-state index contributed by atoms with van der Waals surface area (Å²) in [4.78, 5) is 15.8. The highest BCUT2D eigenvalue weighted by molar-refractivity contribution is 6.03. The Labute approximate surface area is 103 Å². The number of nitrogens with zero attached hydrogens (tertiary/aromatic N) is 2. The summed E-state index contributed by atoms with van der Waals surface area (Å²) < 4.78 is 4.81. The third-order valence-electron chi connectivity index (χ3n) is 2.39. The fourth-order valence-corrected chi connectivity index (χ4v) is 1.48. The van der Waals surface area contributed by atoms with Crippen LogP contribution in [0.15, 0.2) is 22.7 Å². The van der Waals surface area contributed by atoms with Crippen molar-refractivity contribution in [2.45, 2.75) is 13.8 Å². The molecular weight excluding hydrogens is 234 g/mol. The van der Waals surface area contributed by atoms with E-state index in [-0.39, 0.29) is 11.9 Å². The van der Waals surface area contributed by atoms with Crippen LogP contribution in [0.4, 0.5) is 11.7 Å². The predicted molar refractivity (Wildman–Crippen MR) is 66.0 cm³/mol. The summed E-state index contributed by atoms with van der Waals surface area (Å²) in [5.41, 5.74) is 4.66. The number of benzene rings is 1. The van der Waals surface area contributed by atoms with E-state index in [2.05, 4.69) is 20.9 Å². The average molecular weight is 247 g/mol. The standard InChI is InChI=1S/C11H13N5O2/c1-6-5-8(3-4-9(6)15-12)10(17)14-11-13-7(2)16-18-11/h3-5,15H,12H2,1-2H3,(H,13,14,16,17). The number of rotatable bonds is 3. The molecule has 2 rings (SSSR count). The number of nitrogens with one attached hydrogen (secondary N) is 2. The zero-order valence-corrected chi connectivity index (χ0v) is 10.0. The van der Waals surface area contributed by atoms with E-state index in [4.69, 9.17) is 10.4 Å². The second kappa shape index (κ2) is 4.84. The fraction of sp³-hybridized carbons (Fsp3) is 0.182. The van der Waals surface area contributed by atoms with E-state index in [0.717, 1.165) is 11.3 Å². The molecule has 0 aliphatic carbocycles.